The normalized spacial score (nSPS) is 9.16. The Morgan fingerprint density at radius 2 is 1.84 bits per heavy atom. The number of hydrogen-bond acceptors (Lipinski definition) is 1. The molecule has 0 heterocycles. The second-order valence-electron chi connectivity index (χ2n) is 3.77. The smallest absolute Gasteiger partial charge is 1.00 e. The summed E-state index contributed by atoms with van der Waals surface area (Å²) in [6.45, 7) is 2.67. The zero-order valence-electron chi connectivity index (χ0n) is 10.8. The maximum Gasteiger partial charge on any atom is 2.00 e. The average Bonchev–Trinajstić information content (AvgIpc) is 2.35. The van der Waals surface area contributed by atoms with Gasteiger partial charge < -0.3 is 21.7 Å². The van der Waals surface area contributed by atoms with Crippen molar-refractivity contribution in [3.8, 4) is 5.75 Å². The topological polar surface area (TPSA) is 9.23 Å². The molecule has 0 fully saturated rings. The van der Waals surface area contributed by atoms with Crippen LogP contribution in [0.15, 0.2) is 42.5 Å². The fourth-order valence-corrected chi connectivity index (χ4v) is 1.86. The summed E-state index contributed by atoms with van der Waals surface area (Å²) in [6, 6.07) is 16.8. The van der Waals surface area contributed by atoms with Gasteiger partial charge in [-0.3, -0.25) is 0 Å². The molecule has 0 aliphatic heterocycles. The van der Waals surface area contributed by atoms with E-state index >= 15 is 0 Å². The van der Waals surface area contributed by atoms with E-state index in [4.69, 9.17) is 16.3 Å². The largest absolute Gasteiger partial charge is 2.00 e. The minimum absolute atomic E-state index is 0. The van der Waals surface area contributed by atoms with Gasteiger partial charge in [-0.2, -0.15) is 24.3 Å². The quantitative estimate of drug-likeness (QED) is 0.585. The van der Waals surface area contributed by atoms with Crippen LogP contribution in [0.1, 0.15) is 18.1 Å². The first kappa shape index (κ1) is 18.8. The van der Waals surface area contributed by atoms with E-state index in [1.807, 2.05) is 37.3 Å². The van der Waals surface area contributed by atoms with E-state index in [1.165, 1.54) is 5.56 Å². The third-order valence-corrected chi connectivity index (χ3v) is 2.89. The van der Waals surface area contributed by atoms with Crippen molar-refractivity contribution in [3.63, 3.8) is 0 Å². The summed E-state index contributed by atoms with van der Waals surface area (Å²) in [4.78, 5) is 0. The van der Waals surface area contributed by atoms with E-state index in [1.54, 1.807) is 0 Å². The summed E-state index contributed by atoms with van der Waals surface area (Å²) in [6.07, 6.45) is 0.822. The molecule has 2 aromatic carbocycles. The first-order valence-electron chi connectivity index (χ1n) is 5.66. The first-order chi connectivity index (χ1) is 8.29. The minimum atomic E-state index is 0. The molecule has 0 unspecified atom stereocenters. The molecule has 0 N–H and O–H groups in total. The van der Waals surface area contributed by atoms with Crippen LogP contribution in [0, 0.1) is 6.07 Å². The summed E-state index contributed by atoms with van der Waals surface area (Å²) in [7, 11) is 0. The molecule has 0 spiro atoms. The van der Waals surface area contributed by atoms with Crippen molar-refractivity contribution in [2.45, 2.75) is 13.3 Å². The summed E-state index contributed by atoms with van der Waals surface area (Å²) < 4.78 is 5.40. The van der Waals surface area contributed by atoms with Gasteiger partial charge in [-0.15, -0.1) is 17.2 Å². The summed E-state index contributed by atoms with van der Waals surface area (Å²) in [5.74, 6) is 0.905. The molecular weight excluding hydrogens is 336 g/mol. The molecule has 1 nitrogen and oxygen atoms in total. The maximum atomic E-state index is 6.11. The predicted octanol–water partition coefficient (Wildman–Crippen LogP) is 0.753. The van der Waals surface area contributed by atoms with Crippen molar-refractivity contribution in [2.75, 3.05) is 6.61 Å². The summed E-state index contributed by atoms with van der Waals surface area (Å²) in [5, 5.41) is 0.789. The predicted molar refractivity (Wildman–Crippen MR) is 76.5 cm³/mol. The molecule has 96 valence electrons. The standard InChI is InChI=1S/C15H14ClO.BrH.Mg/c1-2-17-14-9-7-12(8-10-14)11-13-5-3-4-6-15(13)16;;/h4-10H,2,11H2,1H3;1H;/q-1;;+2/p-1. The van der Waals surface area contributed by atoms with E-state index in [0.29, 0.717) is 6.61 Å². The molecule has 0 radical (unpaired) electrons. The molecule has 0 bridgehead atoms. The van der Waals surface area contributed by atoms with Gasteiger partial charge in [0, 0.05) is 0 Å². The Bertz CT molecular complexity index is 488. The van der Waals surface area contributed by atoms with Gasteiger partial charge in [0.2, 0.25) is 0 Å². The Balaban J connectivity index is 0.00000162. The third-order valence-electron chi connectivity index (χ3n) is 2.52. The van der Waals surface area contributed by atoms with E-state index < -0.39 is 0 Å². The Morgan fingerprint density at radius 3 is 2.42 bits per heavy atom. The molecular formula is C15H14BrClMgO. The fraction of sp³-hybridized carbons (Fsp3) is 0.200. The van der Waals surface area contributed by atoms with Crippen LogP contribution in [0.3, 0.4) is 0 Å². The maximum absolute atomic E-state index is 6.11. The van der Waals surface area contributed by atoms with Crippen LogP contribution in [0.25, 0.3) is 0 Å². The molecule has 0 amide bonds. The second kappa shape index (κ2) is 9.64. The molecule has 0 saturated heterocycles. The van der Waals surface area contributed by atoms with Crippen LogP contribution in [0.2, 0.25) is 5.02 Å². The fourth-order valence-electron chi connectivity index (χ4n) is 1.67. The molecule has 4 heteroatoms. The number of hydrogen-bond donors (Lipinski definition) is 0. The minimum Gasteiger partial charge on any atom is -1.00 e. The van der Waals surface area contributed by atoms with E-state index in [0.717, 1.165) is 22.8 Å². The molecule has 0 aromatic heterocycles. The molecule has 0 atom stereocenters. The van der Waals surface area contributed by atoms with Crippen molar-refractivity contribution in [3.05, 3.63) is 64.7 Å². The molecule has 2 aromatic rings. The van der Waals surface area contributed by atoms with Gasteiger partial charge >= 0.3 is 23.1 Å². The van der Waals surface area contributed by atoms with Crippen LogP contribution in [0.4, 0.5) is 0 Å². The van der Waals surface area contributed by atoms with Crippen molar-refractivity contribution >= 4 is 34.7 Å². The Hall–Kier alpha value is -0.224. The van der Waals surface area contributed by atoms with Crippen molar-refractivity contribution < 1.29 is 21.7 Å². The van der Waals surface area contributed by atoms with Crippen molar-refractivity contribution in [1.82, 2.24) is 0 Å². The van der Waals surface area contributed by atoms with Gasteiger partial charge in [-0.05, 0) is 25.5 Å². The van der Waals surface area contributed by atoms with Gasteiger partial charge in [-0.25, -0.2) is 0 Å². The first-order valence-corrected chi connectivity index (χ1v) is 6.03. The van der Waals surface area contributed by atoms with Gasteiger partial charge in [0.25, 0.3) is 0 Å². The van der Waals surface area contributed by atoms with Crippen LogP contribution in [-0.4, -0.2) is 29.7 Å². The van der Waals surface area contributed by atoms with Crippen molar-refractivity contribution in [1.29, 1.82) is 0 Å². The van der Waals surface area contributed by atoms with Crippen molar-refractivity contribution in [2.24, 2.45) is 0 Å². The zero-order chi connectivity index (χ0) is 12.1. The number of rotatable bonds is 4. The number of halogens is 2. The Labute approximate surface area is 146 Å². The second-order valence-corrected chi connectivity index (χ2v) is 4.18. The third kappa shape index (κ3) is 5.73. The molecule has 2 rings (SSSR count). The van der Waals surface area contributed by atoms with Crippen LogP contribution < -0.4 is 21.7 Å². The Morgan fingerprint density at radius 1 is 1.16 bits per heavy atom. The van der Waals surface area contributed by atoms with Gasteiger partial charge in [-0.1, -0.05) is 22.7 Å². The van der Waals surface area contributed by atoms with Gasteiger partial charge in [0.05, 0.1) is 6.61 Å². The van der Waals surface area contributed by atoms with E-state index in [9.17, 15) is 0 Å². The van der Waals surface area contributed by atoms with E-state index in [2.05, 4.69) is 18.2 Å². The Kier molecular flexibility index (Phi) is 9.53. The van der Waals surface area contributed by atoms with Gasteiger partial charge in [0.1, 0.15) is 5.75 Å². The monoisotopic (exact) mass is 348 g/mol. The van der Waals surface area contributed by atoms with Gasteiger partial charge in [0.15, 0.2) is 0 Å². The van der Waals surface area contributed by atoms with Crippen LogP contribution >= 0.6 is 11.6 Å². The zero-order valence-corrected chi connectivity index (χ0v) is 14.6. The summed E-state index contributed by atoms with van der Waals surface area (Å²) in [5.41, 5.74) is 2.31. The SMILES string of the molecule is CCOc1ccc(Cc2c[c-]ccc2Cl)cc1.[Br-].[Mg+2]. The van der Waals surface area contributed by atoms with Crippen LogP contribution in [0.5, 0.6) is 5.75 Å². The summed E-state index contributed by atoms with van der Waals surface area (Å²) >= 11 is 6.11. The average molecular weight is 350 g/mol. The molecule has 19 heavy (non-hydrogen) atoms. The van der Waals surface area contributed by atoms with E-state index in [-0.39, 0.29) is 40.0 Å². The number of benzene rings is 2. The molecule has 0 aliphatic carbocycles. The number of ether oxygens (including phenoxy) is 1. The molecule has 0 saturated carbocycles. The van der Waals surface area contributed by atoms with Crippen LogP contribution in [-0.2, 0) is 6.42 Å². The molecule has 0 aliphatic rings.